The van der Waals surface area contributed by atoms with Gasteiger partial charge in [0.05, 0.1) is 22.7 Å². The lowest BCUT2D eigenvalue weighted by Gasteiger charge is -2.11. The van der Waals surface area contributed by atoms with Crippen LogP contribution < -0.4 is 5.32 Å². The number of carboxylic acid groups (broad SMARTS) is 1. The Balaban J connectivity index is 1.41. The van der Waals surface area contributed by atoms with Gasteiger partial charge in [0, 0.05) is 27.5 Å². The van der Waals surface area contributed by atoms with Gasteiger partial charge < -0.3 is 15.0 Å². The average molecular weight is 562 g/mol. The summed E-state index contributed by atoms with van der Waals surface area (Å²) in [7, 11) is 0. The molecule has 0 bridgehead atoms. The number of thiophene rings is 1. The second-order valence-electron chi connectivity index (χ2n) is 8.86. The molecule has 198 valence electrons. The number of nitrogens with zero attached hydrogens (tertiary/aromatic N) is 4. The second kappa shape index (κ2) is 10.8. The Labute approximate surface area is 232 Å². The molecule has 3 heterocycles. The Bertz CT molecular complexity index is 1730. The molecule has 9 nitrogen and oxygen atoms in total. The van der Waals surface area contributed by atoms with Gasteiger partial charge in [-0.2, -0.15) is 0 Å². The number of carboxylic acids is 1. The van der Waals surface area contributed by atoms with Gasteiger partial charge >= 0.3 is 5.97 Å². The lowest BCUT2D eigenvalue weighted by molar-refractivity contribution is -0.121. The van der Waals surface area contributed by atoms with Crippen molar-refractivity contribution in [3.63, 3.8) is 0 Å². The largest absolute Gasteiger partial charge is 0.478 e. The van der Waals surface area contributed by atoms with Crippen LogP contribution >= 0.6 is 22.9 Å². The number of amides is 1. The summed E-state index contributed by atoms with van der Waals surface area (Å²) in [6.07, 6.45) is 2.20. The minimum atomic E-state index is -1.06. The van der Waals surface area contributed by atoms with Gasteiger partial charge in [0.15, 0.2) is 11.6 Å². The van der Waals surface area contributed by atoms with Crippen molar-refractivity contribution in [1.29, 1.82) is 0 Å². The zero-order valence-corrected chi connectivity index (χ0v) is 22.7. The van der Waals surface area contributed by atoms with Crippen LogP contribution in [-0.2, 0) is 24.3 Å². The summed E-state index contributed by atoms with van der Waals surface area (Å²) >= 11 is 7.79. The summed E-state index contributed by atoms with van der Waals surface area (Å²) in [6.45, 7) is 3.78. The van der Waals surface area contributed by atoms with Crippen LogP contribution in [0.3, 0.4) is 0 Å². The van der Waals surface area contributed by atoms with E-state index >= 15 is 0 Å². The van der Waals surface area contributed by atoms with E-state index in [1.807, 2.05) is 13.0 Å². The van der Waals surface area contributed by atoms with Crippen molar-refractivity contribution < 1.29 is 19.5 Å². The van der Waals surface area contributed by atoms with Crippen molar-refractivity contribution >= 4 is 51.5 Å². The Kier molecular flexibility index (Phi) is 7.32. The maximum absolute atomic E-state index is 13.5. The molecule has 11 heteroatoms. The number of nitrogens with one attached hydrogen (secondary N) is 1. The van der Waals surface area contributed by atoms with E-state index in [0.29, 0.717) is 43.7 Å². The summed E-state index contributed by atoms with van der Waals surface area (Å²) in [4.78, 5) is 39.1. The monoisotopic (exact) mass is 561 g/mol. The molecule has 1 amide bonds. The fourth-order valence-corrected chi connectivity index (χ4v) is 5.83. The molecule has 5 aromatic rings. The van der Waals surface area contributed by atoms with Gasteiger partial charge in [-0.15, -0.1) is 21.5 Å². The van der Waals surface area contributed by atoms with Crippen LogP contribution in [0.1, 0.15) is 49.7 Å². The number of benzene rings is 2. The standard InChI is InChI=1S/C28H24ClN5O4S/c1-3-17-12-20(26(36)19-9-4-6-10-22(19)29)27(39-17)34-16(2)31-32-24(34)13-30-25(35)15-33-14-21(28(37)38)18-8-5-7-11-23(18)33/h4-12,14H,3,13,15H2,1-2H3,(H,30,35)(H,37,38). The molecule has 0 aliphatic heterocycles. The van der Waals surface area contributed by atoms with Crippen LogP contribution in [0, 0.1) is 6.92 Å². The maximum atomic E-state index is 13.5. The second-order valence-corrected chi connectivity index (χ2v) is 10.4. The molecule has 0 saturated heterocycles. The third-order valence-electron chi connectivity index (χ3n) is 6.35. The highest BCUT2D eigenvalue weighted by Crippen LogP contribution is 2.32. The van der Waals surface area contributed by atoms with E-state index in [-0.39, 0.29) is 30.3 Å². The highest BCUT2D eigenvalue weighted by Gasteiger charge is 2.24. The highest BCUT2D eigenvalue weighted by atomic mass is 35.5. The number of carbonyl (C=O) groups is 3. The number of aromatic carboxylic acids is 1. The molecule has 0 atom stereocenters. The molecule has 0 unspecified atom stereocenters. The first kappa shape index (κ1) is 26.3. The average Bonchev–Trinajstić information content (AvgIpc) is 3.62. The fraction of sp³-hybridized carbons (Fsp3) is 0.179. The van der Waals surface area contributed by atoms with E-state index in [9.17, 15) is 19.5 Å². The SMILES string of the molecule is CCc1cc(C(=O)c2ccccc2Cl)c(-n2c(C)nnc2CNC(=O)Cn2cc(C(=O)O)c3ccccc32)s1. The number of fused-ring (bicyclic) bond motifs is 1. The minimum absolute atomic E-state index is 0.0593. The topological polar surface area (TPSA) is 119 Å². The van der Waals surface area contributed by atoms with Gasteiger partial charge in [-0.1, -0.05) is 48.9 Å². The third kappa shape index (κ3) is 5.08. The van der Waals surface area contributed by atoms with Gasteiger partial charge in [-0.3, -0.25) is 14.2 Å². The Hall–Kier alpha value is -4.28. The van der Waals surface area contributed by atoms with E-state index in [0.717, 1.165) is 11.3 Å². The van der Waals surface area contributed by atoms with Crippen molar-refractivity contribution in [3.8, 4) is 5.00 Å². The van der Waals surface area contributed by atoms with Crippen molar-refractivity contribution in [1.82, 2.24) is 24.6 Å². The molecule has 3 aromatic heterocycles. The number of halogens is 1. The minimum Gasteiger partial charge on any atom is -0.478 e. The normalized spacial score (nSPS) is 11.2. The Morgan fingerprint density at radius 1 is 1.03 bits per heavy atom. The summed E-state index contributed by atoms with van der Waals surface area (Å²) in [5.74, 6) is -0.559. The number of ketones is 1. The van der Waals surface area contributed by atoms with Gasteiger partial charge in [0.1, 0.15) is 17.4 Å². The molecule has 0 spiro atoms. The van der Waals surface area contributed by atoms with Crippen molar-refractivity contribution in [2.45, 2.75) is 33.4 Å². The van der Waals surface area contributed by atoms with E-state index in [2.05, 4.69) is 15.5 Å². The van der Waals surface area contributed by atoms with Crippen LogP contribution in [0.25, 0.3) is 15.9 Å². The molecular formula is C28H24ClN5O4S. The number of rotatable bonds is 9. The first-order valence-electron chi connectivity index (χ1n) is 12.2. The van der Waals surface area contributed by atoms with Crippen LogP contribution in [-0.4, -0.2) is 42.1 Å². The third-order valence-corrected chi connectivity index (χ3v) is 7.94. The maximum Gasteiger partial charge on any atom is 0.337 e. The number of hydrogen-bond acceptors (Lipinski definition) is 6. The van der Waals surface area contributed by atoms with E-state index < -0.39 is 5.97 Å². The first-order chi connectivity index (χ1) is 18.8. The summed E-state index contributed by atoms with van der Waals surface area (Å²) in [5.41, 5.74) is 1.67. The zero-order chi connectivity index (χ0) is 27.7. The van der Waals surface area contributed by atoms with Gasteiger partial charge in [0.25, 0.3) is 0 Å². The van der Waals surface area contributed by atoms with E-state index in [1.165, 1.54) is 17.5 Å². The lowest BCUT2D eigenvalue weighted by Crippen LogP contribution is -2.28. The number of hydrogen-bond donors (Lipinski definition) is 2. The molecule has 0 aliphatic carbocycles. The molecular weight excluding hydrogens is 538 g/mol. The number of carbonyl (C=O) groups excluding carboxylic acids is 2. The van der Waals surface area contributed by atoms with Crippen LogP contribution in [0.4, 0.5) is 0 Å². The number of aromatic nitrogens is 4. The molecule has 0 saturated carbocycles. The molecule has 5 rings (SSSR count). The first-order valence-corrected chi connectivity index (χ1v) is 13.4. The van der Waals surface area contributed by atoms with Gasteiger partial charge in [-0.05, 0) is 37.6 Å². The quantitative estimate of drug-likeness (QED) is 0.243. The van der Waals surface area contributed by atoms with Gasteiger partial charge in [-0.25, -0.2) is 4.79 Å². The molecule has 0 radical (unpaired) electrons. The van der Waals surface area contributed by atoms with E-state index in [1.54, 1.807) is 64.6 Å². The van der Waals surface area contributed by atoms with Crippen molar-refractivity contribution in [3.05, 3.63) is 99.0 Å². The predicted molar refractivity (Wildman–Crippen MR) is 149 cm³/mol. The van der Waals surface area contributed by atoms with Crippen LogP contribution in [0.15, 0.2) is 60.8 Å². The van der Waals surface area contributed by atoms with Crippen LogP contribution in [0.5, 0.6) is 0 Å². The van der Waals surface area contributed by atoms with E-state index in [4.69, 9.17) is 11.6 Å². The molecule has 0 aliphatic rings. The van der Waals surface area contributed by atoms with Gasteiger partial charge in [0.2, 0.25) is 5.91 Å². The molecule has 39 heavy (non-hydrogen) atoms. The highest BCUT2D eigenvalue weighted by molar-refractivity contribution is 7.15. The lowest BCUT2D eigenvalue weighted by atomic mass is 10.0. The number of para-hydroxylation sites is 1. The summed E-state index contributed by atoms with van der Waals surface area (Å²) in [5, 5.41) is 22.4. The molecule has 0 fully saturated rings. The molecule has 2 aromatic carbocycles. The van der Waals surface area contributed by atoms with Crippen molar-refractivity contribution in [2.75, 3.05) is 0 Å². The predicted octanol–water partition coefficient (Wildman–Crippen LogP) is 5.05. The van der Waals surface area contributed by atoms with Crippen molar-refractivity contribution in [2.24, 2.45) is 0 Å². The molecule has 2 N–H and O–H groups in total. The smallest absolute Gasteiger partial charge is 0.337 e. The summed E-state index contributed by atoms with van der Waals surface area (Å²) < 4.78 is 3.39. The fourth-order valence-electron chi connectivity index (χ4n) is 4.45. The summed E-state index contributed by atoms with van der Waals surface area (Å²) in [6, 6.07) is 15.8. The van der Waals surface area contributed by atoms with Crippen LogP contribution in [0.2, 0.25) is 5.02 Å². The Morgan fingerprint density at radius 3 is 2.51 bits per heavy atom. The number of aryl methyl sites for hydroxylation is 2. The zero-order valence-electron chi connectivity index (χ0n) is 21.1. The Morgan fingerprint density at radius 2 is 1.77 bits per heavy atom.